The van der Waals surface area contributed by atoms with Gasteiger partial charge in [-0.3, -0.25) is 4.90 Å². The van der Waals surface area contributed by atoms with Crippen LogP contribution in [0.25, 0.3) is 5.69 Å². The van der Waals surface area contributed by atoms with Gasteiger partial charge < -0.3 is 5.11 Å². The minimum Gasteiger partial charge on any atom is -0.392 e. The zero-order valence-corrected chi connectivity index (χ0v) is 12.6. The summed E-state index contributed by atoms with van der Waals surface area (Å²) in [6.07, 6.45) is 4.06. The molecule has 1 aliphatic carbocycles. The van der Waals surface area contributed by atoms with Crippen LogP contribution in [-0.2, 0) is 0 Å². The van der Waals surface area contributed by atoms with E-state index in [0.29, 0.717) is 12.5 Å². The Kier molecular flexibility index (Phi) is 4.03. The van der Waals surface area contributed by atoms with Crippen LogP contribution >= 0.6 is 0 Å². The van der Waals surface area contributed by atoms with Gasteiger partial charge in [-0.15, -0.1) is 5.10 Å². The first-order chi connectivity index (χ1) is 10.1. The average molecular weight is 286 g/mol. The maximum atomic E-state index is 10.1. The lowest BCUT2D eigenvalue weighted by Crippen LogP contribution is -2.32. The van der Waals surface area contributed by atoms with Crippen LogP contribution in [0.15, 0.2) is 36.5 Å². The lowest BCUT2D eigenvalue weighted by molar-refractivity contribution is 0.0903. The first-order valence-electron chi connectivity index (χ1n) is 7.51. The standard InChI is InChI=1S/C16H22N4O/c1-12(19(2)11-16(21)13-8-9-13)15-10-20(18-17-15)14-6-4-3-5-7-14/h3-7,10,12-13,16,21H,8-9,11H2,1-2H3. The van der Waals surface area contributed by atoms with E-state index in [0.717, 1.165) is 24.2 Å². The number of rotatable bonds is 6. The second kappa shape index (κ2) is 5.95. The highest BCUT2D eigenvalue weighted by Crippen LogP contribution is 2.33. The van der Waals surface area contributed by atoms with E-state index in [-0.39, 0.29) is 12.1 Å². The van der Waals surface area contributed by atoms with Crippen molar-refractivity contribution in [1.29, 1.82) is 0 Å². The smallest absolute Gasteiger partial charge is 0.1000 e. The van der Waals surface area contributed by atoms with E-state index < -0.39 is 0 Å². The first kappa shape index (κ1) is 14.2. The Morgan fingerprint density at radius 3 is 2.71 bits per heavy atom. The topological polar surface area (TPSA) is 54.2 Å². The summed E-state index contributed by atoms with van der Waals surface area (Å²) in [5.41, 5.74) is 1.92. The fourth-order valence-corrected chi connectivity index (χ4v) is 2.48. The van der Waals surface area contributed by atoms with Crippen molar-refractivity contribution in [1.82, 2.24) is 19.9 Å². The van der Waals surface area contributed by atoms with Gasteiger partial charge in [0.2, 0.25) is 0 Å². The largest absolute Gasteiger partial charge is 0.392 e. The highest BCUT2D eigenvalue weighted by atomic mass is 16.3. The summed E-state index contributed by atoms with van der Waals surface area (Å²) in [4.78, 5) is 2.14. The van der Waals surface area contributed by atoms with E-state index in [9.17, 15) is 5.11 Å². The number of benzene rings is 1. The summed E-state index contributed by atoms with van der Waals surface area (Å²) in [7, 11) is 2.03. The number of likely N-dealkylation sites (N-methyl/N-ethyl adjacent to an activating group) is 1. The maximum absolute atomic E-state index is 10.1. The van der Waals surface area contributed by atoms with Gasteiger partial charge in [-0.25, -0.2) is 4.68 Å². The van der Waals surface area contributed by atoms with Crippen LogP contribution < -0.4 is 0 Å². The number of hydrogen-bond acceptors (Lipinski definition) is 4. The molecule has 0 saturated heterocycles. The monoisotopic (exact) mass is 286 g/mol. The summed E-state index contributed by atoms with van der Waals surface area (Å²) in [6, 6.07) is 10.1. The molecule has 1 fully saturated rings. The second-order valence-corrected chi connectivity index (χ2v) is 5.94. The molecule has 1 aromatic heterocycles. The van der Waals surface area contributed by atoms with Gasteiger partial charge >= 0.3 is 0 Å². The fraction of sp³-hybridized carbons (Fsp3) is 0.500. The molecule has 112 valence electrons. The summed E-state index contributed by atoms with van der Waals surface area (Å²) < 4.78 is 1.79. The van der Waals surface area contributed by atoms with Crippen molar-refractivity contribution < 1.29 is 5.11 Å². The average Bonchev–Trinajstić information content (AvgIpc) is 3.25. The molecule has 1 heterocycles. The molecule has 2 aromatic rings. The van der Waals surface area contributed by atoms with Gasteiger partial charge in [-0.1, -0.05) is 23.4 Å². The zero-order valence-electron chi connectivity index (χ0n) is 12.6. The molecule has 1 aromatic carbocycles. The van der Waals surface area contributed by atoms with E-state index in [1.807, 2.05) is 43.6 Å². The molecular formula is C16H22N4O. The van der Waals surface area contributed by atoms with Crippen LogP contribution in [0.1, 0.15) is 31.5 Å². The molecule has 2 unspecified atom stereocenters. The molecule has 1 aliphatic rings. The molecule has 0 radical (unpaired) electrons. The Labute approximate surface area is 125 Å². The van der Waals surface area contributed by atoms with Crippen molar-refractivity contribution >= 4 is 0 Å². The molecule has 21 heavy (non-hydrogen) atoms. The number of aromatic nitrogens is 3. The third-order valence-corrected chi connectivity index (χ3v) is 4.26. The summed E-state index contributed by atoms with van der Waals surface area (Å²) in [5.74, 6) is 0.500. The quantitative estimate of drug-likeness (QED) is 0.883. The minimum atomic E-state index is -0.221. The predicted octanol–water partition coefficient (Wildman–Crippen LogP) is 2.03. The SMILES string of the molecule is CC(c1cn(-c2ccccc2)nn1)N(C)CC(O)C1CC1. The van der Waals surface area contributed by atoms with Gasteiger partial charge in [0, 0.05) is 6.54 Å². The number of nitrogens with zero attached hydrogens (tertiary/aromatic N) is 4. The summed E-state index contributed by atoms with van der Waals surface area (Å²) in [5, 5.41) is 18.5. The van der Waals surface area contributed by atoms with Crippen LogP contribution in [0.3, 0.4) is 0 Å². The molecule has 3 rings (SSSR count). The van der Waals surface area contributed by atoms with E-state index in [4.69, 9.17) is 0 Å². The highest BCUT2D eigenvalue weighted by molar-refractivity contribution is 5.30. The van der Waals surface area contributed by atoms with Crippen molar-refractivity contribution in [2.45, 2.75) is 31.9 Å². The fourth-order valence-electron chi connectivity index (χ4n) is 2.48. The molecule has 5 nitrogen and oxygen atoms in total. The van der Waals surface area contributed by atoms with Crippen molar-refractivity contribution in [2.24, 2.45) is 5.92 Å². The molecule has 0 bridgehead atoms. The Hall–Kier alpha value is -1.72. The number of hydrogen-bond donors (Lipinski definition) is 1. The van der Waals surface area contributed by atoms with Crippen molar-refractivity contribution in [2.75, 3.05) is 13.6 Å². The van der Waals surface area contributed by atoms with Gasteiger partial charge in [0.25, 0.3) is 0 Å². The third kappa shape index (κ3) is 3.31. The van der Waals surface area contributed by atoms with Gasteiger partial charge in [-0.05, 0) is 44.9 Å². The van der Waals surface area contributed by atoms with Crippen molar-refractivity contribution in [3.63, 3.8) is 0 Å². The zero-order chi connectivity index (χ0) is 14.8. The van der Waals surface area contributed by atoms with Crippen LogP contribution in [0, 0.1) is 5.92 Å². The Morgan fingerprint density at radius 2 is 2.05 bits per heavy atom. The van der Waals surface area contributed by atoms with Gasteiger partial charge in [-0.2, -0.15) is 0 Å². The van der Waals surface area contributed by atoms with Crippen LogP contribution in [0.5, 0.6) is 0 Å². The van der Waals surface area contributed by atoms with Crippen LogP contribution in [0.4, 0.5) is 0 Å². The molecule has 1 N–H and O–H groups in total. The molecule has 2 atom stereocenters. The number of para-hydroxylation sites is 1. The van der Waals surface area contributed by atoms with Crippen LogP contribution in [-0.4, -0.2) is 44.7 Å². The third-order valence-electron chi connectivity index (χ3n) is 4.26. The molecule has 0 aliphatic heterocycles. The Morgan fingerprint density at radius 1 is 1.33 bits per heavy atom. The Bertz CT molecular complexity index is 579. The molecule has 1 saturated carbocycles. The van der Waals surface area contributed by atoms with E-state index >= 15 is 0 Å². The van der Waals surface area contributed by atoms with Crippen molar-refractivity contribution in [3.05, 3.63) is 42.2 Å². The normalized spacial score (nSPS) is 17.9. The molecular weight excluding hydrogens is 264 g/mol. The lowest BCUT2D eigenvalue weighted by atomic mass is 10.1. The van der Waals surface area contributed by atoms with E-state index in [1.165, 1.54) is 0 Å². The first-order valence-corrected chi connectivity index (χ1v) is 7.51. The summed E-state index contributed by atoms with van der Waals surface area (Å²) >= 11 is 0. The minimum absolute atomic E-state index is 0.135. The van der Waals surface area contributed by atoms with E-state index in [1.54, 1.807) is 4.68 Å². The predicted molar refractivity (Wildman–Crippen MR) is 81.1 cm³/mol. The number of aliphatic hydroxyl groups is 1. The highest BCUT2D eigenvalue weighted by Gasteiger charge is 2.31. The summed E-state index contributed by atoms with van der Waals surface area (Å²) in [6.45, 7) is 2.78. The Balaban J connectivity index is 1.67. The van der Waals surface area contributed by atoms with Crippen LogP contribution in [0.2, 0.25) is 0 Å². The lowest BCUT2D eigenvalue weighted by Gasteiger charge is -2.25. The number of aliphatic hydroxyl groups excluding tert-OH is 1. The maximum Gasteiger partial charge on any atom is 0.1000 e. The van der Waals surface area contributed by atoms with Gasteiger partial charge in [0.15, 0.2) is 0 Å². The van der Waals surface area contributed by atoms with Gasteiger partial charge in [0.05, 0.1) is 29.7 Å². The van der Waals surface area contributed by atoms with E-state index in [2.05, 4.69) is 22.1 Å². The van der Waals surface area contributed by atoms with Crippen molar-refractivity contribution in [3.8, 4) is 5.69 Å². The molecule has 0 spiro atoms. The molecule has 0 amide bonds. The van der Waals surface area contributed by atoms with Gasteiger partial charge in [0.1, 0.15) is 0 Å². The molecule has 5 heteroatoms. The second-order valence-electron chi connectivity index (χ2n) is 5.94.